The molecule has 3 nitrogen and oxygen atoms in total. The monoisotopic (exact) mass is 270 g/mol. The number of hydrogen-bond donors (Lipinski definition) is 0. The Labute approximate surface area is 115 Å². The molecule has 0 radical (unpaired) electrons. The summed E-state index contributed by atoms with van der Waals surface area (Å²) < 4.78 is 5.90. The highest BCUT2D eigenvalue weighted by atomic mass is 28.3. The third kappa shape index (κ3) is 4.33. The topological polar surface area (TPSA) is 34.5 Å². The molecule has 0 aliphatic heterocycles. The van der Waals surface area contributed by atoms with Gasteiger partial charge in [0.25, 0.3) is 0 Å². The molecule has 4 heteroatoms. The second kappa shape index (κ2) is 6.85. The molecule has 0 N–H and O–H groups in total. The zero-order valence-corrected chi connectivity index (χ0v) is 12.4. The summed E-state index contributed by atoms with van der Waals surface area (Å²) in [5.41, 5.74) is 2.00. The van der Waals surface area contributed by atoms with Gasteiger partial charge >= 0.3 is 0 Å². The molecule has 0 aliphatic carbocycles. The SMILES string of the molecule is C[SiH](C)Oc1ccccc1CN=Cc1ccccn1. The maximum absolute atomic E-state index is 5.90. The molecule has 0 unspecified atom stereocenters. The van der Waals surface area contributed by atoms with Gasteiger partial charge in [-0.25, -0.2) is 0 Å². The molecule has 2 rings (SSSR count). The van der Waals surface area contributed by atoms with Crippen LogP contribution in [0.5, 0.6) is 5.75 Å². The van der Waals surface area contributed by atoms with Crippen LogP contribution in [-0.2, 0) is 6.54 Å². The zero-order chi connectivity index (χ0) is 13.5. The molecule has 0 spiro atoms. The van der Waals surface area contributed by atoms with Crippen molar-refractivity contribution in [3.05, 3.63) is 59.9 Å². The predicted octanol–water partition coefficient (Wildman–Crippen LogP) is 3.06. The second-order valence-corrected chi connectivity index (χ2v) is 6.83. The van der Waals surface area contributed by atoms with Crippen molar-refractivity contribution in [2.24, 2.45) is 4.99 Å². The molecule has 98 valence electrons. The maximum Gasteiger partial charge on any atom is 0.229 e. The Bertz CT molecular complexity index is 541. The van der Waals surface area contributed by atoms with E-state index in [1.54, 1.807) is 12.4 Å². The van der Waals surface area contributed by atoms with Crippen molar-refractivity contribution in [1.82, 2.24) is 4.98 Å². The fourth-order valence-corrected chi connectivity index (χ4v) is 2.43. The smallest absolute Gasteiger partial charge is 0.229 e. The predicted molar refractivity (Wildman–Crippen MR) is 81.5 cm³/mol. The highest BCUT2D eigenvalue weighted by molar-refractivity contribution is 6.49. The molecule has 0 fully saturated rings. The second-order valence-electron chi connectivity index (χ2n) is 4.50. The van der Waals surface area contributed by atoms with E-state index in [1.807, 2.05) is 36.4 Å². The van der Waals surface area contributed by atoms with E-state index in [2.05, 4.69) is 29.1 Å². The van der Waals surface area contributed by atoms with Gasteiger partial charge in [-0.05, 0) is 31.3 Å². The van der Waals surface area contributed by atoms with Gasteiger partial charge in [0.2, 0.25) is 9.04 Å². The minimum atomic E-state index is -1.08. The van der Waals surface area contributed by atoms with Crippen LogP contribution in [0.1, 0.15) is 11.3 Å². The van der Waals surface area contributed by atoms with E-state index < -0.39 is 9.04 Å². The molecule has 19 heavy (non-hydrogen) atoms. The highest BCUT2D eigenvalue weighted by Crippen LogP contribution is 2.19. The van der Waals surface area contributed by atoms with E-state index >= 15 is 0 Å². The Morgan fingerprint density at radius 3 is 2.68 bits per heavy atom. The van der Waals surface area contributed by atoms with Gasteiger partial charge in [0, 0.05) is 18.0 Å². The van der Waals surface area contributed by atoms with Gasteiger partial charge in [0.1, 0.15) is 5.75 Å². The molecule has 0 amide bonds. The van der Waals surface area contributed by atoms with Crippen LogP contribution in [0.2, 0.25) is 13.1 Å². The molecule has 0 aliphatic rings. The molecule has 1 aromatic heterocycles. The lowest BCUT2D eigenvalue weighted by molar-refractivity contribution is 0.572. The Balaban J connectivity index is 2.05. The van der Waals surface area contributed by atoms with E-state index in [1.165, 1.54) is 0 Å². The van der Waals surface area contributed by atoms with Crippen LogP contribution in [0, 0.1) is 0 Å². The van der Waals surface area contributed by atoms with Crippen LogP contribution < -0.4 is 4.43 Å². The lowest BCUT2D eigenvalue weighted by atomic mass is 10.2. The maximum atomic E-state index is 5.90. The van der Waals surface area contributed by atoms with Crippen molar-refractivity contribution < 1.29 is 4.43 Å². The van der Waals surface area contributed by atoms with Gasteiger partial charge in [-0.3, -0.25) is 9.98 Å². The summed E-state index contributed by atoms with van der Waals surface area (Å²) in [5.74, 6) is 0.960. The van der Waals surface area contributed by atoms with Crippen molar-refractivity contribution in [1.29, 1.82) is 0 Å². The minimum absolute atomic E-state index is 0.619. The fraction of sp³-hybridized carbons (Fsp3) is 0.200. The van der Waals surface area contributed by atoms with Gasteiger partial charge in [0.05, 0.1) is 12.2 Å². The standard InChI is InChI=1S/C15H18N2OSi/c1-19(2)18-15-9-4-3-7-13(15)11-16-12-14-8-5-6-10-17-14/h3-10,12,19H,11H2,1-2H3. The summed E-state index contributed by atoms with van der Waals surface area (Å²) in [6, 6.07) is 13.9. The normalized spacial score (nSPS) is 11.1. The van der Waals surface area contributed by atoms with Crippen LogP contribution in [0.25, 0.3) is 0 Å². The van der Waals surface area contributed by atoms with Crippen molar-refractivity contribution >= 4 is 15.3 Å². The van der Waals surface area contributed by atoms with Crippen molar-refractivity contribution in [3.8, 4) is 5.75 Å². The largest absolute Gasteiger partial charge is 0.547 e. The van der Waals surface area contributed by atoms with Crippen LogP contribution in [0.4, 0.5) is 0 Å². The average Bonchev–Trinajstić information content (AvgIpc) is 2.41. The number of pyridine rings is 1. The summed E-state index contributed by atoms with van der Waals surface area (Å²) in [5, 5.41) is 0. The number of benzene rings is 1. The summed E-state index contributed by atoms with van der Waals surface area (Å²) in [4.78, 5) is 8.63. The van der Waals surface area contributed by atoms with E-state index in [0.29, 0.717) is 6.54 Å². The van der Waals surface area contributed by atoms with Gasteiger partial charge < -0.3 is 4.43 Å². The van der Waals surface area contributed by atoms with E-state index in [-0.39, 0.29) is 0 Å². The Kier molecular flexibility index (Phi) is 4.86. The molecule has 0 bridgehead atoms. The molecule has 2 aromatic rings. The summed E-state index contributed by atoms with van der Waals surface area (Å²) >= 11 is 0. The van der Waals surface area contributed by atoms with Crippen molar-refractivity contribution in [3.63, 3.8) is 0 Å². The lowest BCUT2D eigenvalue weighted by Gasteiger charge is -2.12. The van der Waals surface area contributed by atoms with E-state index in [4.69, 9.17) is 4.43 Å². The quantitative estimate of drug-likeness (QED) is 0.618. The molecule has 0 saturated carbocycles. The fourth-order valence-electron chi connectivity index (χ4n) is 1.69. The number of aliphatic imine (C=N–C) groups is 1. The number of aromatic nitrogens is 1. The van der Waals surface area contributed by atoms with Gasteiger partial charge in [-0.2, -0.15) is 0 Å². The number of rotatable bonds is 5. The number of para-hydroxylation sites is 1. The van der Waals surface area contributed by atoms with Gasteiger partial charge in [0.15, 0.2) is 0 Å². The summed E-state index contributed by atoms with van der Waals surface area (Å²) in [7, 11) is -1.08. The Morgan fingerprint density at radius 1 is 1.16 bits per heavy atom. The van der Waals surface area contributed by atoms with Crippen molar-refractivity contribution in [2.45, 2.75) is 19.6 Å². The van der Waals surface area contributed by atoms with E-state index in [9.17, 15) is 0 Å². The molecule has 1 aromatic carbocycles. The van der Waals surface area contributed by atoms with Crippen molar-refractivity contribution in [2.75, 3.05) is 0 Å². The molecular formula is C15H18N2OSi. The first-order chi connectivity index (χ1) is 9.25. The summed E-state index contributed by atoms with van der Waals surface area (Å²) in [6.45, 7) is 4.94. The zero-order valence-electron chi connectivity index (χ0n) is 11.3. The molecule has 0 atom stereocenters. The summed E-state index contributed by atoms with van der Waals surface area (Å²) in [6.07, 6.45) is 3.56. The third-order valence-electron chi connectivity index (χ3n) is 2.51. The molecule has 0 saturated heterocycles. The first-order valence-corrected chi connectivity index (χ1v) is 9.19. The first kappa shape index (κ1) is 13.5. The van der Waals surface area contributed by atoms with E-state index in [0.717, 1.165) is 17.0 Å². The van der Waals surface area contributed by atoms with Crippen LogP contribution in [0.3, 0.4) is 0 Å². The van der Waals surface area contributed by atoms with Crippen LogP contribution in [0.15, 0.2) is 53.7 Å². The van der Waals surface area contributed by atoms with Gasteiger partial charge in [-0.1, -0.05) is 24.3 Å². The average molecular weight is 270 g/mol. The number of hydrogen-bond acceptors (Lipinski definition) is 3. The molecular weight excluding hydrogens is 252 g/mol. The highest BCUT2D eigenvalue weighted by Gasteiger charge is 2.04. The minimum Gasteiger partial charge on any atom is -0.547 e. The Morgan fingerprint density at radius 2 is 1.95 bits per heavy atom. The Hall–Kier alpha value is -1.94. The molecule has 1 heterocycles. The van der Waals surface area contributed by atoms with Crippen LogP contribution in [-0.4, -0.2) is 20.2 Å². The third-order valence-corrected chi connectivity index (χ3v) is 3.23. The van der Waals surface area contributed by atoms with Gasteiger partial charge in [-0.15, -0.1) is 0 Å². The first-order valence-electron chi connectivity index (χ1n) is 6.41. The van der Waals surface area contributed by atoms with Crippen LogP contribution >= 0.6 is 0 Å². The lowest BCUT2D eigenvalue weighted by Crippen LogP contribution is -2.12. The number of nitrogens with zero attached hydrogens (tertiary/aromatic N) is 2.